The van der Waals surface area contributed by atoms with E-state index in [1.54, 1.807) is 0 Å². The summed E-state index contributed by atoms with van der Waals surface area (Å²) in [5.74, 6) is -4.52. The smallest absolute Gasteiger partial charge is 0.335 e. The molecule has 0 fully saturated rings. The molecule has 0 radical (unpaired) electrons. The van der Waals surface area contributed by atoms with E-state index < -0.39 is 23.9 Å². The van der Waals surface area contributed by atoms with Crippen molar-refractivity contribution in [2.24, 2.45) is 0 Å². The van der Waals surface area contributed by atoms with E-state index in [-0.39, 0.29) is 29.2 Å². The largest absolute Gasteiger partial charge is 0.478 e. The molecule has 0 amide bonds. The Balaban J connectivity index is 3.48. The number of benzene rings is 1. The molecule has 0 bridgehead atoms. The maximum atomic E-state index is 11.4. The molecular weight excluding hydrogens is 296 g/mol. The van der Waals surface area contributed by atoms with Crippen molar-refractivity contribution in [3.63, 3.8) is 0 Å². The van der Waals surface area contributed by atoms with Gasteiger partial charge in [0.05, 0.1) is 5.56 Å². The second kappa shape index (κ2) is 7.21. The lowest BCUT2D eigenvalue weighted by atomic mass is 10.2. The average Bonchev–Trinajstić information content (AvgIpc) is 2.40. The molecule has 0 aromatic heterocycles. The van der Waals surface area contributed by atoms with Crippen molar-refractivity contribution < 1.29 is 38.5 Å². The van der Waals surface area contributed by atoms with Crippen molar-refractivity contribution in [3.05, 3.63) is 17.7 Å². The quantitative estimate of drug-likeness (QED) is 0.643. The first-order chi connectivity index (χ1) is 10.2. The minimum absolute atomic E-state index is 0.0136. The molecule has 1 aromatic carbocycles. The van der Waals surface area contributed by atoms with Crippen molar-refractivity contribution in [3.8, 4) is 17.2 Å². The predicted molar refractivity (Wildman–Crippen MR) is 71.9 cm³/mol. The van der Waals surface area contributed by atoms with Crippen LogP contribution in [-0.2, 0) is 14.4 Å². The maximum Gasteiger partial charge on any atom is 0.335 e. The lowest BCUT2D eigenvalue weighted by molar-refractivity contribution is -0.136. The lowest BCUT2D eigenvalue weighted by Crippen LogP contribution is -2.13. The van der Waals surface area contributed by atoms with E-state index in [2.05, 4.69) is 0 Å². The highest BCUT2D eigenvalue weighted by molar-refractivity contribution is 5.91. The van der Waals surface area contributed by atoms with Gasteiger partial charge in [-0.2, -0.15) is 0 Å². The van der Waals surface area contributed by atoms with Gasteiger partial charge >= 0.3 is 23.9 Å². The number of hydrogen-bond acceptors (Lipinski definition) is 7. The van der Waals surface area contributed by atoms with Gasteiger partial charge in [-0.15, -0.1) is 0 Å². The summed E-state index contributed by atoms with van der Waals surface area (Å²) in [5, 5.41) is 9.04. The molecule has 1 N–H and O–H groups in total. The summed E-state index contributed by atoms with van der Waals surface area (Å²) in [6, 6.07) is 1.99. The Labute approximate surface area is 125 Å². The molecule has 1 aromatic rings. The number of hydrogen-bond donors (Lipinski definition) is 1. The van der Waals surface area contributed by atoms with Crippen LogP contribution >= 0.6 is 0 Å². The highest BCUT2D eigenvalue weighted by atomic mass is 16.6. The third-order valence-corrected chi connectivity index (χ3v) is 2.28. The summed E-state index contributed by atoms with van der Waals surface area (Å²) in [5.41, 5.74) is -0.300. The highest BCUT2D eigenvalue weighted by Gasteiger charge is 2.22. The van der Waals surface area contributed by atoms with Gasteiger partial charge in [0.25, 0.3) is 0 Å². The zero-order valence-corrected chi connectivity index (χ0v) is 12.2. The first-order valence-corrected chi connectivity index (χ1v) is 6.23. The molecule has 0 saturated carbocycles. The molecule has 0 spiro atoms. The van der Waals surface area contributed by atoms with E-state index in [1.807, 2.05) is 0 Å². The molecule has 8 heteroatoms. The molecule has 1 rings (SSSR count). The van der Waals surface area contributed by atoms with E-state index in [0.29, 0.717) is 0 Å². The van der Waals surface area contributed by atoms with Gasteiger partial charge in [-0.05, 0) is 12.1 Å². The van der Waals surface area contributed by atoms with Crippen molar-refractivity contribution in [2.75, 3.05) is 0 Å². The first kappa shape index (κ1) is 17.2. The van der Waals surface area contributed by atoms with Crippen molar-refractivity contribution in [1.29, 1.82) is 0 Å². The summed E-state index contributed by atoms with van der Waals surface area (Å²) in [7, 11) is 0. The molecule has 118 valence electrons. The third kappa shape index (κ3) is 4.58. The zero-order valence-electron chi connectivity index (χ0n) is 12.2. The summed E-state index contributed by atoms with van der Waals surface area (Å²) in [4.78, 5) is 44.8. The molecule has 0 aliphatic rings. The van der Waals surface area contributed by atoms with Crippen LogP contribution in [0.3, 0.4) is 0 Å². The van der Waals surface area contributed by atoms with Gasteiger partial charge in [-0.1, -0.05) is 6.92 Å². The van der Waals surface area contributed by atoms with E-state index in [9.17, 15) is 19.2 Å². The van der Waals surface area contributed by atoms with Gasteiger partial charge in [0, 0.05) is 20.3 Å². The van der Waals surface area contributed by atoms with Crippen LogP contribution in [0.15, 0.2) is 12.1 Å². The van der Waals surface area contributed by atoms with Crippen LogP contribution in [0.1, 0.15) is 37.6 Å². The Morgan fingerprint density at radius 1 is 0.955 bits per heavy atom. The standard InChI is InChI=1S/C14H14O8/c1-4-12(17)22-11-6-9(14(18)19)5-10(20-7(2)15)13(11)21-8(3)16/h5-6H,4H2,1-3H3,(H,18,19). The summed E-state index contributed by atoms with van der Waals surface area (Å²) in [6.07, 6.45) is 0.0136. The van der Waals surface area contributed by atoms with Gasteiger partial charge in [-0.3, -0.25) is 14.4 Å². The molecule has 0 atom stereocenters. The molecule has 0 aliphatic heterocycles. The van der Waals surface area contributed by atoms with Crippen LogP contribution in [0.5, 0.6) is 17.2 Å². The van der Waals surface area contributed by atoms with Crippen molar-refractivity contribution in [2.45, 2.75) is 27.2 Å². The lowest BCUT2D eigenvalue weighted by Gasteiger charge is -2.14. The number of aromatic carboxylic acids is 1. The van der Waals surface area contributed by atoms with E-state index in [1.165, 1.54) is 6.92 Å². The van der Waals surface area contributed by atoms with Crippen LogP contribution in [0, 0.1) is 0 Å². The third-order valence-electron chi connectivity index (χ3n) is 2.28. The highest BCUT2D eigenvalue weighted by Crippen LogP contribution is 2.39. The fourth-order valence-electron chi connectivity index (χ4n) is 1.45. The maximum absolute atomic E-state index is 11.4. The number of esters is 3. The van der Waals surface area contributed by atoms with Gasteiger partial charge in [0.1, 0.15) is 0 Å². The number of ether oxygens (including phenoxy) is 3. The van der Waals surface area contributed by atoms with E-state index >= 15 is 0 Å². The molecule has 0 unspecified atom stereocenters. The van der Waals surface area contributed by atoms with E-state index in [4.69, 9.17) is 19.3 Å². The predicted octanol–water partition coefficient (Wildman–Crippen LogP) is 1.55. The summed E-state index contributed by atoms with van der Waals surface area (Å²) < 4.78 is 14.6. The Morgan fingerprint density at radius 3 is 1.86 bits per heavy atom. The first-order valence-electron chi connectivity index (χ1n) is 6.23. The monoisotopic (exact) mass is 310 g/mol. The molecule has 22 heavy (non-hydrogen) atoms. The number of carbonyl (C=O) groups excluding carboxylic acids is 3. The van der Waals surface area contributed by atoms with Gasteiger partial charge in [-0.25, -0.2) is 4.79 Å². The van der Waals surface area contributed by atoms with Crippen LogP contribution in [0.25, 0.3) is 0 Å². The second-order valence-corrected chi connectivity index (χ2v) is 4.12. The van der Waals surface area contributed by atoms with Crippen LogP contribution in [0.2, 0.25) is 0 Å². The number of carboxylic acids is 1. The van der Waals surface area contributed by atoms with Crippen LogP contribution in [0.4, 0.5) is 0 Å². The summed E-state index contributed by atoms with van der Waals surface area (Å²) >= 11 is 0. The fourth-order valence-corrected chi connectivity index (χ4v) is 1.45. The van der Waals surface area contributed by atoms with Crippen molar-refractivity contribution in [1.82, 2.24) is 0 Å². The minimum Gasteiger partial charge on any atom is -0.478 e. The molecular formula is C14H14O8. The van der Waals surface area contributed by atoms with Gasteiger partial charge in [0.15, 0.2) is 11.5 Å². The topological polar surface area (TPSA) is 116 Å². The Morgan fingerprint density at radius 2 is 1.45 bits per heavy atom. The fraction of sp³-hybridized carbons (Fsp3) is 0.286. The SMILES string of the molecule is CCC(=O)Oc1cc(C(=O)O)cc(OC(C)=O)c1OC(C)=O. The normalized spacial score (nSPS) is 9.77. The molecule has 8 nitrogen and oxygen atoms in total. The molecule has 0 saturated heterocycles. The minimum atomic E-state index is -1.34. The van der Waals surface area contributed by atoms with E-state index in [0.717, 1.165) is 26.0 Å². The Bertz CT molecular complexity index is 632. The van der Waals surface area contributed by atoms with Gasteiger partial charge < -0.3 is 19.3 Å². The number of carboxylic acid groups (broad SMARTS) is 1. The van der Waals surface area contributed by atoms with Gasteiger partial charge in [0.2, 0.25) is 5.75 Å². The second-order valence-electron chi connectivity index (χ2n) is 4.12. The Hall–Kier alpha value is -2.90. The number of rotatable bonds is 5. The molecule has 0 aliphatic carbocycles. The average molecular weight is 310 g/mol. The zero-order chi connectivity index (χ0) is 16.9. The number of carbonyl (C=O) groups is 4. The summed E-state index contributed by atoms with van der Waals surface area (Å²) in [6.45, 7) is 3.71. The van der Waals surface area contributed by atoms with Crippen LogP contribution < -0.4 is 14.2 Å². The Kier molecular flexibility index (Phi) is 5.62. The van der Waals surface area contributed by atoms with Crippen molar-refractivity contribution >= 4 is 23.9 Å². The van der Waals surface area contributed by atoms with Crippen LogP contribution in [-0.4, -0.2) is 29.0 Å². The molecule has 0 heterocycles.